The van der Waals surface area contributed by atoms with Gasteiger partial charge < -0.3 is 4.74 Å². The lowest BCUT2D eigenvalue weighted by atomic mass is 10.2. The zero-order valence-electron chi connectivity index (χ0n) is 12.8. The van der Waals surface area contributed by atoms with Crippen molar-refractivity contribution < 1.29 is 9.53 Å². The minimum Gasteiger partial charge on any atom is -0.481 e. The molecule has 0 aliphatic rings. The molecule has 1 amide bonds. The normalized spacial score (nSPS) is 12.2. The monoisotopic (exact) mass is 337 g/mol. The molecule has 0 radical (unpaired) electrons. The fraction of sp³-hybridized carbons (Fsp3) is 0.400. The van der Waals surface area contributed by atoms with Crippen LogP contribution in [0.1, 0.15) is 27.2 Å². The zero-order valence-corrected chi connectivity index (χ0v) is 14.4. The van der Waals surface area contributed by atoms with Crippen molar-refractivity contribution in [1.82, 2.24) is 10.2 Å². The molecule has 0 aliphatic carbocycles. The third-order valence-corrected chi connectivity index (χ3v) is 4.58. The molecule has 1 N–H and O–H groups in total. The Bertz CT molecular complexity index is 602. The van der Waals surface area contributed by atoms with Crippen LogP contribution in [0.2, 0.25) is 0 Å². The van der Waals surface area contributed by atoms with Gasteiger partial charge in [0, 0.05) is 5.25 Å². The first-order valence-corrected chi connectivity index (χ1v) is 8.80. The summed E-state index contributed by atoms with van der Waals surface area (Å²) in [6.45, 7) is 6.09. The summed E-state index contributed by atoms with van der Waals surface area (Å²) >= 11 is 3.00. The molecule has 0 spiro atoms. The summed E-state index contributed by atoms with van der Waals surface area (Å²) < 4.78 is 6.56. The molecule has 2 aromatic rings. The van der Waals surface area contributed by atoms with Crippen molar-refractivity contribution in [3.63, 3.8) is 0 Å². The maximum Gasteiger partial charge on any atom is 0.267 e. The van der Waals surface area contributed by atoms with E-state index in [-0.39, 0.29) is 5.91 Å². The number of aromatic nitrogens is 2. The van der Waals surface area contributed by atoms with E-state index in [9.17, 15) is 4.79 Å². The van der Waals surface area contributed by atoms with Gasteiger partial charge in [-0.1, -0.05) is 62.1 Å². The molecule has 0 aliphatic heterocycles. The first-order chi connectivity index (χ1) is 10.6. The average molecular weight is 337 g/mol. The fourth-order valence-corrected chi connectivity index (χ4v) is 3.66. The number of carbonyl (C=O) groups excluding carboxylic acids is 1. The number of carbonyl (C=O) groups is 1. The summed E-state index contributed by atoms with van der Waals surface area (Å²) in [5, 5.41) is 11.8. The molecule has 0 unspecified atom stereocenters. The standard InChI is InChI=1S/C15H19N3O2S2/c1-4-12(20-11-8-6-5-7-9-11)13(19)16-14-17-18-15(22-14)21-10(2)3/h5-10,12H,4H2,1-3H3,(H,16,17,19)/t12-/m0/s1. The lowest BCUT2D eigenvalue weighted by Gasteiger charge is -2.16. The predicted molar refractivity (Wildman–Crippen MR) is 90.7 cm³/mol. The number of para-hydroxylation sites is 1. The van der Waals surface area contributed by atoms with Gasteiger partial charge in [-0.2, -0.15) is 0 Å². The highest BCUT2D eigenvalue weighted by molar-refractivity contribution is 8.01. The molecule has 118 valence electrons. The van der Waals surface area contributed by atoms with E-state index in [2.05, 4.69) is 29.4 Å². The number of rotatable bonds is 7. The van der Waals surface area contributed by atoms with E-state index >= 15 is 0 Å². The second-order valence-corrected chi connectivity index (χ2v) is 7.66. The minimum atomic E-state index is -0.549. The van der Waals surface area contributed by atoms with Crippen LogP contribution >= 0.6 is 23.1 Å². The van der Waals surface area contributed by atoms with Crippen molar-refractivity contribution in [2.45, 2.75) is 42.9 Å². The van der Waals surface area contributed by atoms with Crippen LogP contribution in [0.25, 0.3) is 0 Å². The van der Waals surface area contributed by atoms with Gasteiger partial charge in [0.2, 0.25) is 5.13 Å². The fourth-order valence-electron chi connectivity index (χ4n) is 1.68. The van der Waals surface area contributed by atoms with Crippen molar-refractivity contribution in [3.05, 3.63) is 30.3 Å². The largest absolute Gasteiger partial charge is 0.481 e. The molecule has 5 nitrogen and oxygen atoms in total. The smallest absolute Gasteiger partial charge is 0.267 e. The number of hydrogen-bond donors (Lipinski definition) is 1. The second kappa shape index (κ2) is 8.14. The van der Waals surface area contributed by atoms with Crippen LogP contribution < -0.4 is 10.1 Å². The number of nitrogens with zero attached hydrogens (tertiary/aromatic N) is 2. The lowest BCUT2D eigenvalue weighted by Crippen LogP contribution is -2.32. The Balaban J connectivity index is 1.95. The van der Waals surface area contributed by atoms with E-state index in [0.29, 0.717) is 22.6 Å². The van der Waals surface area contributed by atoms with Gasteiger partial charge in [-0.3, -0.25) is 10.1 Å². The van der Waals surface area contributed by atoms with Crippen molar-refractivity contribution in [2.24, 2.45) is 0 Å². The Morgan fingerprint density at radius 3 is 2.68 bits per heavy atom. The Morgan fingerprint density at radius 2 is 2.05 bits per heavy atom. The Labute approximate surface area is 138 Å². The van der Waals surface area contributed by atoms with E-state index in [4.69, 9.17) is 4.74 Å². The highest BCUT2D eigenvalue weighted by Crippen LogP contribution is 2.28. The number of ether oxygens (including phenoxy) is 1. The van der Waals surface area contributed by atoms with Gasteiger partial charge >= 0.3 is 0 Å². The molecule has 1 aromatic carbocycles. The third kappa shape index (κ3) is 4.99. The number of thioether (sulfide) groups is 1. The summed E-state index contributed by atoms with van der Waals surface area (Å²) in [6, 6.07) is 9.32. The summed E-state index contributed by atoms with van der Waals surface area (Å²) in [6.07, 6.45) is 0.0279. The van der Waals surface area contributed by atoms with Crippen LogP contribution in [0, 0.1) is 0 Å². The van der Waals surface area contributed by atoms with Gasteiger partial charge in [-0.25, -0.2) is 0 Å². The van der Waals surface area contributed by atoms with Gasteiger partial charge in [0.1, 0.15) is 5.75 Å². The zero-order chi connectivity index (χ0) is 15.9. The molecular formula is C15H19N3O2S2. The van der Waals surface area contributed by atoms with E-state index in [1.807, 2.05) is 37.3 Å². The maximum atomic E-state index is 12.3. The SMILES string of the molecule is CC[C@H](Oc1ccccc1)C(=O)Nc1nnc(SC(C)C)s1. The van der Waals surface area contributed by atoms with Crippen molar-refractivity contribution in [3.8, 4) is 5.75 Å². The van der Waals surface area contributed by atoms with Crippen molar-refractivity contribution in [1.29, 1.82) is 0 Å². The quantitative estimate of drug-likeness (QED) is 0.614. The summed E-state index contributed by atoms with van der Waals surface area (Å²) in [4.78, 5) is 12.3. The Kier molecular flexibility index (Phi) is 6.21. The van der Waals surface area contributed by atoms with Gasteiger partial charge in [-0.05, 0) is 18.6 Å². The number of hydrogen-bond acceptors (Lipinski definition) is 6. The molecule has 0 saturated carbocycles. The van der Waals surface area contributed by atoms with Gasteiger partial charge in [0.15, 0.2) is 10.4 Å². The van der Waals surface area contributed by atoms with E-state index in [1.54, 1.807) is 11.8 Å². The van der Waals surface area contributed by atoms with Crippen LogP contribution in [0.15, 0.2) is 34.7 Å². The number of anilines is 1. The number of nitrogens with one attached hydrogen (secondary N) is 1. The molecule has 1 heterocycles. The lowest BCUT2D eigenvalue weighted by molar-refractivity contribution is -0.122. The molecular weight excluding hydrogens is 318 g/mol. The number of amides is 1. The molecule has 7 heteroatoms. The molecule has 22 heavy (non-hydrogen) atoms. The van der Waals surface area contributed by atoms with Crippen LogP contribution in [0.4, 0.5) is 5.13 Å². The maximum absolute atomic E-state index is 12.3. The predicted octanol–water partition coefficient (Wildman–Crippen LogP) is 3.83. The van der Waals surface area contributed by atoms with Gasteiger partial charge in [-0.15, -0.1) is 10.2 Å². The molecule has 2 rings (SSSR count). The summed E-state index contributed by atoms with van der Waals surface area (Å²) in [7, 11) is 0. The van der Waals surface area contributed by atoms with Crippen LogP contribution in [-0.4, -0.2) is 27.5 Å². The van der Waals surface area contributed by atoms with E-state index in [1.165, 1.54) is 11.3 Å². The molecule has 0 saturated heterocycles. The Morgan fingerprint density at radius 1 is 1.32 bits per heavy atom. The highest BCUT2D eigenvalue weighted by Gasteiger charge is 2.20. The van der Waals surface area contributed by atoms with Gasteiger partial charge in [0.05, 0.1) is 0 Å². The van der Waals surface area contributed by atoms with Crippen LogP contribution in [-0.2, 0) is 4.79 Å². The first-order valence-electron chi connectivity index (χ1n) is 7.11. The van der Waals surface area contributed by atoms with Gasteiger partial charge in [0.25, 0.3) is 5.91 Å². The topological polar surface area (TPSA) is 64.1 Å². The molecule has 0 fully saturated rings. The first kappa shape index (κ1) is 16.8. The third-order valence-electron chi connectivity index (χ3n) is 2.66. The van der Waals surface area contributed by atoms with E-state index in [0.717, 1.165) is 4.34 Å². The van der Waals surface area contributed by atoms with E-state index < -0.39 is 6.10 Å². The average Bonchev–Trinajstić information content (AvgIpc) is 2.92. The highest BCUT2D eigenvalue weighted by atomic mass is 32.2. The minimum absolute atomic E-state index is 0.205. The summed E-state index contributed by atoms with van der Waals surface area (Å²) in [5.74, 6) is 0.474. The van der Waals surface area contributed by atoms with Crippen molar-refractivity contribution in [2.75, 3.05) is 5.32 Å². The second-order valence-electron chi connectivity index (χ2n) is 4.86. The summed E-state index contributed by atoms with van der Waals surface area (Å²) in [5.41, 5.74) is 0. The van der Waals surface area contributed by atoms with Crippen LogP contribution in [0.3, 0.4) is 0 Å². The Hall–Kier alpha value is -1.60. The molecule has 1 aromatic heterocycles. The molecule has 1 atom stereocenters. The van der Waals surface area contributed by atoms with Crippen LogP contribution in [0.5, 0.6) is 5.75 Å². The molecule has 0 bridgehead atoms. The number of benzene rings is 1. The van der Waals surface area contributed by atoms with Crippen molar-refractivity contribution >= 4 is 34.1 Å².